The predicted molar refractivity (Wildman–Crippen MR) is 111 cm³/mol. The average Bonchev–Trinajstić information content (AvgIpc) is 2.70. The van der Waals surface area contributed by atoms with Crippen molar-refractivity contribution >= 4 is 21.6 Å². The second kappa shape index (κ2) is 7.24. The molecule has 2 aromatic carbocycles. The van der Waals surface area contributed by atoms with Gasteiger partial charge in [-0.15, -0.1) is 0 Å². The molecule has 0 bridgehead atoms. The fraction of sp³-hybridized carbons (Fsp3) is 0.409. The summed E-state index contributed by atoms with van der Waals surface area (Å²) < 4.78 is 25.5. The zero-order chi connectivity index (χ0) is 19.9. The molecule has 4 rings (SSSR count). The maximum Gasteiger partial charge on any atom is 0.254 e. The van der Waals surface area contributed by atoms with Gasteiger partial charge in [0.15, 0.2) is 0 Å². The van der Waals surface area contributed by atoms with Crippen LogP contribution in [0.2, 0.25) is 0 Å². The Labute approximate surface area is 167 Å². The monoisotopic (exact) mass is 398 g/mol. The van der Waals surface area contributed by atoms with Crippen molar-refractivity contribution in [1.29, 1.82) is 0 Å². The van der Waals surface area contributed by atoms with Gasteiger partial charge in [-0.2, -0.15) is 0 Å². The van der Waals surface area contributed by atoms with Crippen LogP contribution >= 0.6 is 0 Å². The average molecular weight is 399 g/mol. The third kappa shape index (κ3) is 3.41. The summed E-state index contributed by atoms with van der Waals surface area (Å²) in [6.07, 6.45) is 5.89. The minimum atomic E-state index is -3.30. The van der Waals surface area contributed by atoms with E-state index in [2.05, 4.69) is 18.2 Å². The van der Waals surface area contributed by atoms with Gasteiger partial charge in [0.2, 0.25) is 10.0 Å². The lowest BCUT2D eigenvalue weighted by Gasteiger charge is -2.34. The lowest BCUT2D eigenvalue weighted by molar-refractivity contribution is 0.0715. The van der Waals surface area contributed by atoms with Crippen molar-refractivity contribution in [2.45, 2.75) is 38.1 Å². The van der Waals surface area contributed by atoms with E-state index in [-0.39, 0.29) is 11.9 Å². The molecule has 0 fully saturated rings. The number of fused-ring (bicyclic) bond motifs is 2. The molecule has 0 radical (unpaired) electrons. The maximum absolute atomic E-state index is 13.2. The van der Waals surface area contributed by atoms with Crippen molar-refractivity contribution in [2.75, 3.05) is 24.2 Å². The molecule has 1 aliphatic carbocycles. The maximum atomic E-state index is 13.2. The van der Waals surface area contributed by atoms with Gasteiger partial charge in [0, 0.05) is 19.2 Å². The predicted octanol–water partition coefficient (Wildman–Crippen LogP) is 3.55. The molecule has 0 aromatic heterocycles. The highest BCUT2D eigenvalue weighted by Gasteiger charge is 2.29. The van der Waals surface area contributed by atoms with E-state index in [1.165, 1.54) is 21.7 Å². The van der Waals surface area contributed by atoms with Crippen LogP contribution in [0.1, 0.15) is 52.4 Å². The van der Waals surface area contributed by atoms with Gasteiger partial charge in [0.25, 0.3) is 5.91 Å². The Kier molecular flexibility index (Phi) is 4.91. The van der Waals surface area contributed by atoms with E-state index in [0.717, 1.165) is 37.7 Å². The number of carbonyl (C=O) groups excluding carboxylic acids is 1. The molecule has 1 atom stereocenters. The number of benzene rings is 2. The quantitative estimate of drug-likeness (QED) is 0.794. The van der Waals surface area contributed by atoms with E-state index in [1.54, 1.807) is 12.1 Å². The fourth-order valence-corrected chi connectivity index (χ4v) is 5.51. The molecule has 6 heteroatoms. The second-order valence-electron chi connectivity index (χ2n) is 7.81. The van der Waals surface area contributed by atoms with Crippen molar-refractivity contribution in [2.24, 2.45) is 0 Å². The Morgan fingerprint density at radius 3 is 2.61 bits per heavy atom. The summed E-state index contributed by atoms with van der Waals surface area (Å²) in [5, 5.41) is 0. The van der Waals surface area contributed by atoms with Gasteiger partial charge in [0.05, 0.1) is 18.0 Å². The van der Waals surface area contributed by atoms with Crippen LogP contribution in [0.3, 0.4) is 0 Å². The minimum absolute atomic E-state index is 0.0130. The van der Waals surface area contributed by atoms with Crippen molar-refractivity contribution < 1.29 is 13.2 Å². The van der Waals surface area contributed by atoms with Crippen molar-refractivity contribution in [3.05, 3.63) is 64.7 Å². The van der Waals surface area contributed by atoms with Crippen LogP contribution in [0, 0.1) is 0 Å². The van der Waals surface area contributed by atoms with Crippen LogP contribution in [0.5, 0.6) is 0 Å². The second-order valence-corrected chi connectivity index (χ2v) is 9.71. The van der Waals surface area contributed by atoms with Gasteiger partial charge < -0.3 is 4.90 Å². The van der Waals surface area contributed by atoms with Crippen LogP contribution < -0.4 is 4.31 Å². The number of anilines is 1. The molecule has 148 valence electrons. The molecular formula is C22H26N2O3S. The smallest absolute Gasteiger partial charge is 0.254 e. The molecule has 1 aliphatic heterocycles. The van der Waals surface area contributed by atoms with E-state index in [9.17, 15) is 13.2 Å². The van der Waals surface area contributed by atoms with Gasteiger partial charge in [-0.1, -0.05) is 24.3 Å². The molecule has 1 heterocycles. The van der Waals surface area contributed by atoms with Crippen LogP contribution in [0.25, 0.3) is 0 Å². The molecule has 28 heavy (non-hydrogen) atoms. The zero-order valence-corrected chi connectivity index (χ0v) is 17.2. The van der Waals surface area contributed by atoms with E-state index in [1.807, 2.05) is 24.1 Å². The zero-order valence-electron chi connectivity index (χ0n) is 16.4. The van der Waals surface area contributed by atoms with Gasteiger partial charge in [-0.3, -0.25) is 9.10 Å². The third-order valence-electron chi connectivity index (χ3n) is 5.93. The number of nitrogens with zero attached hydrogens (tertiary/aromatic N) is 2. The van der Waals surface area contributed by atoms with E-state index >= 15 is 0 Å². The summed E-state index contributed by atoms with van der Waals surface area (Å²) in [6.45, 7) is 0.498. The summed E-state index contributed by atoms with van der Waals surface area (Å²) >= 11 is 0. The van der Waals surface area contributed by atoms with Gasteiger partial charge in [-0.25, -0.2) is 8.42 Å². The summed E-state index contributed by atoms with van der Waals surface area (Å²) in [5.74, 6) is -0.0130. The molecule has 5 nitrogen and oxygen atoms in total. The number of carbonyl (C=O) groups is 1. The Bertz CT molecular complexity index is 1020. The topological polar surface area (TPSA) is 57.7 Å². The molecule has 0 saturated heterocycles. The van der Waals surface area contributed by atoms with Crippen LogP contribution in [0.4, 0.5) is 5.69 Å². The molecule has 1 amide bonds. The molecule has 0 N–H and O–H groups in total. The van der Waals surface area contributed by atoms with Crippen LogP contribution in [-0.4, -0.2) is 39.1 Å². The highest BCUT2D eigenvalue weighted by atomic mass is 32.2. The summed E-state index contributed by atoms with van der Waals surface area (Å²) in [7, 11) is -1.43. The van der Waals surface area contributed by atoms with Gasteiger partial charge in [-0.05, 0) is 67.0 Å². The Hall–Kier alpha value is -2.34. The molecule has 2 aliphatic rings. The Balaban J connectivity index is 1.63. The van der Waals surface area contributed by atoms with E-state index < -0.39 is 10.0 Å². The van der Waals surface area contributed by atoms with Crippen LogP contribution in [-0.2, 0) is 22.9 Å². The lowest BCUT2D eigenvalue weighted by Crippen LogP contribution is -2.35. The minimum Gasteiger partial charge on any atom is -0.335 e. The number of hydrogen-bond donors (Lipinski definition) is 0. The Morgan fingerprint density at radius 2 is 1.82 bits per heavy atom. The molecule has 0 spiro atoms. The van der Waals surface area contributed by atoms with E-state index in [4.69, 9.17) is 0 Å². The first-order chi connectivity index (χ1) is 13.4. The summed E-state index contributed by atoms with van der Waals surface area (Å²) in [6, 6.07) is 13.9. The summed E-state index contributed by atoms with van der Waals surface area (Å²) in [5.41, 5.74) is 4.83. The first-order valence-corrected chi connectivity index (χ1v) is 11.7. The summed E-state index contributed by atoms with van der Waals surface area (Å²) in [4.78, 5) is 15.1. The number of rotatable bonds is 3. The highest BCUT2D eigenvalue weighted by Crippen LogP contribution is 2.35. The van der Waals surface area contributed by atoms with Crippen molar-refractivity contribution in [1.82, 2.24) is 4.90 Å². The molecule has 2 aromatic rings. The van der Waals surface area contributed by atoms with Gasteiger partial charge in [0.1, 0.15) is 0 Å². The van der Waals surface area contributed by atoms with Crippen molar-refractivity contribution in [3.8, 4) is 0 Å². The first kappa shape index (κ1) is 19.0. The van der Waals surface area contributed by atoms with Crippen LogP contribution in [0.15, 0.2) is 42.5 Å². The lowest BCUT2D eigenvalue weighted by atomic mass is 9.86. The fourth-order valence-electron chi connectivity index (χ4n) is 4.52. The van der Waals surface area contributed by atoms with Gasteiger partial charge >= 0.3 is 0 Å². The first-order valence-electron chi connectivity index (χ1n) is 9.82. The molecular weight excluding hydrogens is 372 g/mol. The molecule has 0 unspecified atom stereocenters. The van der Waals surface area contributed by atoms with E-state index in [0.29, 0.717) is 17.8 Å². The number of amides is 1. The Morgan fingerprint density at radius 1 is 1.07 bits per heavy atom. The SMILES string of the molecule is CN(C(=O)c1ccc2c(c1)CCCN2S(C)(=O)=O)[C@@H]1CCCc2ccccc21. The number of sulfonamides is 1. The standard InChI is InChI=1S/C22H26N2O3S/c1-23(21-11-5-8-16-7-3-4-10-19(16)21)22(25)18-12-13-20-17(15-18)9-6-14-24(20)28(2,26)27/h3-4,7,10,12-13,15,21H,5-6,8-9,11,14H2,1-2H3/t21-/m1/s1. The normalized spacial score (nSPS) is 18.9. The molecule has 0 saturated carbocycles. The third-order valence-corrected chi connectivity index (χ3v) is 7.11. The van der Waals surface area contributed by atoms with Crippen molar-refractivity contribution in [3.63, 3.8) is 0 Å². The number of aryl methyl sites for hydroxylation is 2. The number of hydrogen-bond acceptors (Lipinski definition) is 3. The largest absolute Gasteiger partial charge is 0.335 e. The highest BCUT2D eigenvalue weighted by molar-refractivity contribution is 7.92.